The molecule has 2 heterocycles. The summed E-state index contributed by atoms with van der Waals surface area (Å²) in [4.78, 5) is 2.33. The molecule has 0 aliphatic carbocycles. The molecule has 0 spiro atoms. The third-order valence-corrected chi connectivity index (χ3v) is 11.9. The van der Waals surface area contributed by atoms with Crippen LogP contribution in [0.2, 0.25) is 0 Å². The van der Waals surface area contributed by atoms with E-state index in [9.17, 15) is 0 Å². The van der Waals surface area contributed by atoms with Gasteiger partial charge in [0.15, 0.2) is 0 Å². The van der Waals surface area contributed by atoms with Crippen molar-refractivity contribution < 1.29 is 8.83 Å². The Hall–Kier alpha value is -7.88. The highest BCUT2D eigenvalue weighted by Gasteiger charge is 2.18. The van der Waals surface area contributed by atoms with E-state index >= 15 is 0 Å². The van der Waals surface area contributed by atoms with Crippen LogP contribution in [0.25, 0.3) is 98.8 Å². The minimum absolute atomic E-state index is 0.902. The van der Waals surface area contributed by atoms with Crippen LogP contribution in [-0.2, 0) is 0 Å². The first kappa shape index (κ1) is 33.3. The zero-order valence-electron chi connectivity index (χ0n) is 32.0. The van der Waals surface area contributed by atoms with E-state index in [1.165, 1.54) is 27.3 Å². The highest BCUT2D eigenvalue weighted by Crippen LogP contribution is 2.43. The molecule has 0 aliphatic heterocycles. The predicted molar refractivity (Wildman–Crippen MR) is 247 cm³/mol. The molecule has 0 saturated heterocycles. The zero-order valence-corrected chi connectivity index (χ0v) is 32.0. The lowest BCUT2D eigenvalue weighted by molar-refractivity contribution is 0.669. The topological polar surface area (TPSA) is 29.5 Å². The molecule has 0 N–H and O–H groups in total. The van der Waals surface area contributed by atoms with Crippen LogP contribution in [0, 0.1) is 0 Å². The van der Waals surface area contributed by atoms with Crippen molar-refractivity contribution in [2.24, 2.45) is 0 Å². The second-order valence-electron chi connectivity index (χ2n) is 15.3. The van der Waals surface area contributed by atoms with E-state index in [4.69, 9.17) is 8.83 Å². The third kappa shape index (κ3) is 5.51. The average Bonchev–Trinajstić information content (AvgIpc) is 3.88. The van der Waals surface area contributed by atoms with Crippen molar-refractivity contribution in [2.75, 3.05) is 4.90 Å². The Bertz CT molecular complexity index is 3520. The van der Waals surface area contributed by atoms with Crippen molar-refractivity contribution in [1.29, 1.82) is 0 Å². The van der Waals surface area contributed by atoms with Crippen LogP contribution in [0.1, 0.15) is 0 Å². The van der Waals surface area contributed by atoms with Gasteiger partial charge in [0, 0.05) is 49.6 Å². The SMILES string of the molecule is c1ccc(-c2ccc(N(c3ccc(-c4ccc5oc6ccccc6c5c4)cc3)c3ccc(-c4cccc5c4oc4c5ccc5ccc6ccccc6c54)cc3)cc2)cc1. The van der Waals surface area contributed by atoms with Gasteiger partial charge >= 0.3 is 0 Å². The molecular weight excluding hydrogens is 719 g/mol. The van der Waals surface area contributed by atoms with E-state index in [0.29, 0.717) is 0 Å². The number of anilines is 3. The van der Waals surface area contributed by atoms with E-state index < -0.39 is 0 Å². The molecule has 0 atom stereocenters. The van der Waals surface area contributed by atoms with Gasteiger partial charge in [0.2, 0.25) is 0 Å². The lowest BCUT2D eigenvalue weighted by atomic mass is 9.98. The maximum atomic E-state index is 6.90. The summed E-state index contributed by atoms with van der Waals surface area (Å²) in [7, 11) is 0. The van der Waals surface area contributed by atoms with Crippen LogP contribution in [0.15, 0.2) is 221 Å². The van der Waals surface area contributed by atoms with Crippen LogP contribution < -0.4 is 4.90 Å². The number of nitrogens with zero attached hydrogens (tertiary/aromatic N) is 1. The molecule has 12 rings (SSSR count). The number of fused-ring (bicyclic) bond motifs is 10. The molecule has 0 radical (unpaired) electrons. The summed E-state index contributed by atoms with van der Waals surface area (Å²) in [6, 6.07) is 75.7. The van der Waals surface area contributed by atoms with Gasteiger partial charge in [-0.3, -0.25) is 0 Å². The summed E-state index contributed by atoms with van der Waals surface area (Å²) in [6.45, 7) is 0. The Morgan fingerprint density at radius 2 is 0.831 bits per heavy atom. The Morgan fingerprint density at radius 1 is 0.288 bits per heavy atom. The van der Waals surface area contributed by atoms with Crippen molar-refractivity contribution >= 4 is 82.5 Å². The summed E-state index contributed by atoms with van der Waals surface area (Å²) in [5.74, 6) is 0. The normalized spacial score (nSPS) is 11.7. The fraction of sp³-hybridized carbons (Fsp3) is 0. The summed E-state index contributed by atoms with van der Waals surface area (Å²) in [6.07, 6.45) is 0. The molecule has 0 saturated carbocycles. The number of hydrogen-bond donors (Lipinski definition) is 0. The molecule has 10 aromatic carbocycles. The smallest absolute Gasteiger partial charge is 0.143 e. The number of benzene rings is 10. The quantitative estimate of drug-likeness (QED) is 0.158. The van der Waals surface area contributed by atoms with Gasteiger partial charge in [0.1, 0.15) is 22.3 Å². The van der Waals surface area contributed by atoms with Gasteiger partial charge in [0.05, 0.1) is 0 Å². The molecule has 0 fully saturated rings. The van der Waals surface area contributed by atoms with Gasteiger partial charge in [0.25, 0.3) is 0 Å². The van der Waals surface area contributed by atoms with Crippen molar-refractivity contribution in [3.8, 4) is 33.4 Å². The van der Waals surface area contributed by atoms with Crippen molar-refractivity contribution in [1.82, 2.24) is 0 Å². The van der Waals surface area contributed by atoms with E-state index in [2.05, 4.69) is 205 Å². The fourth-order valence-corrected chi connectivity index (χ4v) is 8.95. The van der Waals surface area contributed by atoms with E-state index in [-0.39, 0.29) is 0 Å². The molecular formula is C56H35NO2. The third-order valence-electron chi connectivity index (χ3n) is 11.9. The van der Waals surface area contributed by atoms with Gasteiger partial charge in [-0.15, -0.1) is 0 Å². The number of para-hydroxylation sites is 2. The predicted octanol–water partition coefficient (Wildman–Crippen LogP) is 16.3. The number of hydrogen-bond acceptors (Lipinski definition) is 3. The van der Waals surface area contributed by atoms with Gasteiger partial charge in [-0.25, -0.2) is 0 Å². The highest BCUT2D eigenvalue weighted by atomic mass is 16.3. The first-order valence-electron chi connectivity index (χ1n) is 20.1. The van der Waals surface area contributed by atoms with Gasteiger partial charge in [-0.1, -0.05) is 152 Å². The van der Waals surface area contributed by atoms with E-state index in [1.807, 2.05) is 12.1 Å². The van der Waals surface area contributed by atoms with E-state index in [0.717, 1.165) is 88.6 Å². The lowest BCUT2D eigenvalue weighted by Gasteiger charge is -2.26. The van der Waals surface area contributed by atoms with Gasteiger partial charge in [-0.2, -0.15) is 0 Å². The summed E-state index contributed by atoms with van der Waals surface area (Å²) >= 11 is 0. The van der Waals surface area contributed by atoms with Crippen LogP contribution >= 0.6 is 0 Å². The monoisotopic (exact) mass is 753 g/mol. The van der Waals surface area contributed by atoms with E-state index in [1.54, 1.807) is 0 Å². The number of furan rings is 2. The first-order chi connectivity index (χ1) is 29.2. The Balaban J connectivity index is 0.946. The molecule has 3 heteroatoms. The maximum absolute atomic E-state index is 6.90. The van der Waals surface area contributed by atoms with Crippen molar-refractivity contribution in [3.05, 3.63) is 212 Å². The standard InChI is InChI=1S/C56H35NO2/c1-2-9-36(10-3-1)37-19-27-43(28-20-37)57(44-29-21-38(22-30-44)42-26-34-53-51(35-42)48-13-6-7-16-52(48)58-53)45-31-23-40(24-32-45)47-14-8-15-49-50-33-25-41-18-17-39-11-4-5-12-46(39)54(41)56(50)59-55(47)49/h1-35H. The second kappa shape index (κ2) is 13.4. The molecule has 59 heavy (non-hydrogen) atoms. The average molecular weight is 754 g/mol. The Morgan fingerprint density at radius 3 is 1.59 bits per heavy atom. The largest absolute Gasteiger partial charge is 0.456 e. The Labute approximate surface area is 340 Å². The summed E-state index contributed by atoms with van der Waals surface area (Å²) in [5.41, 5.74) is 13.7. The molecule has 12 aromatic rings. The summed E-state index contributed by atoms with van der Waals surface area (Å²) in [5, 5.41) is 9.27. The molecule has 2 aromatic heterocycles. The highest BCUT2D eigenvalue weighted by molar-refractivity contribution is 6.24. The van der Waals surface area contributed by atoms with Gasteiger partial charge in [-0.05, 0) is 105 Å². The molecule has 0 unspecified atom stereocenters. The molecule has 0 aliphatic rings. The first-order valence-corrected chi connectivity index (χ1v) is 20.1. The molecule has 3 nitrogen and oxygen atoms in total. The molecule has 276 valence electrons. The van der Waals surface area contributed by atoms with Crippen molar-refractivity contribution in [2.45, 2.75) is 0 Å². The summed E-state index contributed by atoms with van der Waals surface area (Å²) < 4.78 is 13.0. The van der Waals surface area contributed by atoms with Crippen LogP contribution in [-0.4, -0.2) is 0 Å². The van der Waals surface area contributed by atoms with Crippen LogP contribution in [0.3, 0.4) is 0 Å². The fourth-order valence-electron chi connectivity index (χ4n) is 8.95. The Kier molecular flexibility index (Phi) is 7.54. The zero-order chi connectivity index (χ0) is 38.9. The van der Waals surface area contributed by atoms with Crippen LogP contribution in [0.5, 0.6) is 0 Å². The maximum Gasteiger partial charge on any atom is 0.143 e. The minimum Gasteiger partial charge on any atom is -0.456 e. The minimum atomic E-state index is 0.902. The molecule has 0 amide bonds. The van der Waals surface area contributed by atoms with Gasteiger partial charge < -0.3 is 13.7 Å². The second-order valence-corrected chi connectivity index (χ2v) is 15.3. The number of rotatable bonds is 6. The lowest BCUT2D eigenvalue weighted by Crippen LogP contribution is -2.09. The molecule has 0 bridgehead atoms. The van der Waals surface area contributed by atoms with Crippen LogP contribution in [0.4, 0.5) is 17.1 Å². The van der Waals surface area contributed by atoms with Crippen molar-refractivity contribution in [3.63, 3.8) is 0 Å².